The highest BCUT2D eigenvalue weighted by atomic mass is 16.2. The van der Waals surface area contributed by atoms with Crippen molar-refractivity contribution in [2.45, 2.75) is 38.5 Å². The third-order valence-corrected chi connectivity index (χ3v) is 4.39. The Balaban J connectivity index is 1.65. The lowest BCUT2D eigenvalue weighted by molar-refractivity contribution is -0.117. The van der Waals surface area contributed by atoms with E-state index in [1.165, 1.54) is 25.7 Å². The van der Waals surface area contributed by atoms with Crippen LogP contribution in [0.5, 0.6) is 0 Å². The summed E-state index contributed by atoms with van der Waals surface area (Å²) in [6.07, 6.45) is 5.92. The highest BCUT2D eigenvalue weighted by Gasteiger charge is 2.24. The standard InChI is InChI=1S/C16H20N2O2/c1-18-14-7-6-13(9-12(14)10-16(18)20)17-15(19)8-11-4-2-3-5-11/h6-7,9,11H,2-5,8,10H2,1H3,(H,17,19). The van der Waals surface area contributed by atoms with Gasteiger partial charge in [0.1, 0.15) is 0 Å². The lowest BCUT2D eigenvalue weighted by Gasteiger charge is -2.12. The van der Waals surface area contributed by atoms with E-state index in [1.54, 1.807) is 11.9 Å². The second-order valence-electron chi connectivity index (χ2n) is 5.88. The molecule has 0 saturated heterocycles. The topological polar surface area (TPSA) is 49.4 Å². The summed E-state index contributed by atoms with van der Waals surface area (Å²) >= 11 is 0. The normalized spacial score (nSPS) is 18.4. The molecular weight excluding hydrogens is 252 g/mol. The van der Waals surface area contributed by atoms with Crippen molar-refractivity contribution in [3.8, 4) is 0 Å². The van der Waals surface area contributed by atoms with E-state index >= 15 is 0 Å². The summed E-state index contributed by atoms with van der Waals surface area (Å²) < 4.78 is 0. The Morgan fingerprint density at radius 2 is 2.10 bits per heavy atom. The number of benzene rings is 1. The van der Waals surface area contributed by atoms with Gasteiger partial charge in [-0.05, 0) is 42.5 Å². The Hall–Kier alpha value is -1.84. The molecule has 0 spiro atoms. The van der Waals surface area contributed by atoms with Gasteiger partial charge in [-0.15, -0.1) is 0 Å². The number of hydrogen-bond acceptors (Lipinski definition) is 2. The molecule has 0 aromatic heterocycles. The van der Waals surface area contributed by atoms with Crippen LogP contribution in [0.25, 0.3) is 0 Å². The minimum Gasteiger partial charge on any atom is -0.326 e. The molecule has 106 valence electrons. The Morgan fingerprint density at radius 1 is 1.35 bits per heavy atom. The Bertz CT molecular complexity index is 547. The Kier molecular flexibility index (Phi) is 3.47. The van der Waals surface area contributed by atoms with Crippen LogP contribution in [0.2, 0.25) is 0 Å². The van der Waals surface area contributed by atoms with Crippen molar-refractivity contribution in [2.24, 2.45) is 5.92 Å². The SMILES string of the molecule is CN1C(=O)Cc2cc(NC(=O)CC3CCCC3)ccc21. The minimum atomic E-state index is 0.0922. The fourth-order valence-electron chi connectivity index (χ4n) is 3.24. The number of rotatable bonds is 3. The number of amides is 2. The summed E-state index contributed by atoms with van der Waals surface area (Å²) in [6, 6.07) is 5.70. The van der Waals surface area contributed by atoms with E-state index in [9.17, 15) is 9.59 Å². The molecule has 4 heteroatoms. The molecule has 0 bridgehead atoms. The summed E-state index contributed by atoms with van der Waals surface area (Å²) in [5.74, 6) is 0.751. The number of anilines is 2. The number of likely N-dealkylation sites (N-methyl/N-ethyl adjacent to an activating group) is 1. The van der Waals surface area contributed by atoms with Gasteiger partial charge < -0.3 is 10.2 Å². The molecule has 1 aromatic rings. The molecule has 0 atom stereocenters. The van der Waals surface area contributed by atoms with Crippen LogP contribution in [-0.4, -0.2) is 18.9 Å². The minimum absolute atomic E-state index is 0.0922. The van der Waals surface area contributed by atoms with Gasteiger partial charge in [0.25, 0.3) is 0 Å². The molecule has 20 heavy (non-hydrogen) atoms. The van der Waals surface area contributed by atoms with Gasteiger partial charge in [-0.1, -0.05) is 12.8 Å². The molecule has 1 aliphatic carbocycles. The zero-order chi connectivity index (χ0) is 14.1. The zero-order valence-corrected chi connectivity index (χ0v) is 11.8. The van der Waals surface area contributed by atoms with Crippen molar-refractivity contribution in [2.75, 3.05) is 17.3 Å². The van der Waals surface area contributed by atoms with Crippen molar-refractivity contribution in [3.05, 3.63) is 23.8 Å². The first-order chi connectivity index (χ1) is 9.63. The first-order valence-electron chi connectivity index (χ1n) is 7.33. The van der Waals surface area contributed by atoms with E-state index in [2.05, 4.69) is 5.32 Å². The van der Waals surface area contributed by atoms with E-state index in [0.717, 1.165) is 16.9 Å². The summed E-state index contributed by atoms with van der Waals surface area (Å²) in [7, 11) is 1.78. The summed E-state index contributed by atoms with van der Waals surface area (Å²) in [4.78, 5) is 25.3. The van der Waals surface area contributed by atoms with E-state index < -0.39 is 0 Å². The van der Waals surface area contributed by atoms with Crippen molar-refractivity contribution < 1.29 is 9.59 Å². The maximum Gasteiger partial charge on any atom is 0.231 e. The van der Waals surface area contributed by atoms with E-state index in [4.69, 9.17) is 0 Å². The fraction of sp³-hybridized carbons (Fsp3) is 0.500. The summed E-state index contributed by atoms with van der Waals surface area (Å²) in [5, 5.41) is 2.96. The zero-order valence-electron chi connectivity index (χ0n) is 11.8. The molecule has 3 rings (SSSR count). The number of carbonyl (C=O) groups excluding carboxylic acids is 2. The molecule has 2 amide bonds. The molecule has 1 fully saturated rings. The third kappa shape index (κ3) is 2.55. The predicted molar refractivity (Wildman–Crippen MR) is 78.8 cm³/mol. The number of hydrogen-bond donors (Lipinski definition) is 1. The third-order valence-electron chi connectivity index (χ3n) is 4.39. The van der Waals surface area contributed by atoms with Gasteiger partial charge in [-0.3, -0.25) is 9.59 Å². The van der Waals surface area contributed by atoms with Gasteiger partial charge in [-0.2, -0.15) is 0 Å². The molecule has 0 unspecified atom stereocenters. The van der Waals surface area contributed by atoms with Crippen LogP contribution in [0.15, 0.2) is 18.2 Å². The van der Waals surface area contributed by atoms with E-state index in [1.807, 2.05) is 18.2 Å². The Labute approximate surface area is 119 Å². The lowest BCUT2D eigenvalue weighted by Crippen LogP contribution is -2.20. The molecule has 1 aromatic carbocycles. The van der Waals surface area contributed by atoms with Gasteiger partial charge in [0.05, 0.1) is 6.42 Å². The van der Waals surface area contributed by atoms with Crippen LogP contribution in [-0.2, 0) is 16.0 Å². The van der Waals surface area contributed by atoms with E-state index in [-0.39, 0.29) is 11.8 Å². The van der Waals surface area contributed by atoms with Crippen LogP contribution in [0.3, 0.4) is 0 Å². The molecular formula is C16H20N2O2. The van der Waals surface area contributed by atoms with Crippen molar-refractivity contribution >= 4 is 23.2 Å². The number of nitrogens with one attached hydrogen (secondary N) is 1. The Morgan fingerprint density at radius 3 is 2.85 bits per heavy atom. The van der Waals surface area contributed by atoms with Gasteiger partial charge in [0.2, 0.25) is 11.8 Å². The van der Waals surface area contributed by atoms with Gasteiger partial charge in [-0.25, -0.2) is 0 Å². The van der Waals surface area contributed by atoms with Crippen molar-refractivity contribution in [1.82, 2.24) is 0 Å². The second-order valence-corrected chi connectivity index (χ2v) is 5.88. The molecule has 1 N–H and O–H groups in total. The summed E-state index contributed by atoms with van der Waals surface area (Å²) in [5.41, 5.74) is 2.75. The maximum absolute atomic E-state index is 12.0. The largest absolute Gasteiger partial charge is 0.326 e. The highest BCUT2D eigenvalue weighted by Crippen LogP contribution is 2.31. The number of carbonyl (C=O) groups is 2. The molecule has 1 aliphatic heterocycles. The first kappa shape index (κ1) is 13.2. The average molecular weight is 272 g/mol. The van der Waals surface area contributed by atoms with Gasteiger partial charge in [0, 0.05) is 24.8 Å². The van der Waals surface area contributed by atoms with Crippen LogP contribution in [0.4, 0.5) is 11.4 Å². The predicted octanol–water partition coefficient (Wildman–Crippen LogP) is 2.72. The lowest BCUT2D eigenvalue weighted by atomic mass is 10.0. The first-order valence-corrected chi connectivity index (χ1v) is 7.33. The molecule has 2 aliphatic rings. The van der Waals surface area contributed by atoms with Crippen LogP contribution >= 0.6 is 0 Å². The highest BCUT2D eigenvalue weighted by molar-refractivity contribution is 6.02. The maximum atomic E-state index is 12.0. The van der Waals surface area contributed by atoms with Crippen LogP contribution < -0.4 is 10.2 Å². The molecule has 1 heterocycles. The second kappa shape index (κ2) is 5.27. The van der Waals surface area contributed by atoms with E-state index in [0.29, 0.717) is 18.8 Å². The van der Waals surface area contributed by atoms with Crippen LogP contribution in [0.1, 0.15) is 37.7 Å². The number of nitrogens with zero attached hydrogens (tertiary/aromatic N) is 1. The van der Waals surface area contributed by atoms with Crippen LogP contribution in [0, 0.1) is 5.92 Å². The summed E-state index contributed by atoms with van der Waals surface area (Å²) in [6.45, 7) is 0. The van der Waals surface area contributed by atoms with Crippen molar-refractivity contribution in [1.29, 1.82) is 0 Å². The average Bonchev–Trinajstić information content (AvgIpc) is 2.99. The fourth-order valence-corrected chi connectivity index (χ4v) is 3.24. The molecule has 0 radical (unpaired) electrons. The quantitative estimate of drug-likeness (QED) is 0.919. The van der Waals surface area contributed by atoms with Crippen molar-refractivity contribution in [3.63, 3.8) is 0 Å². The smallest absolute Gasteiger partial charge is 0.231 e. The number of fused-ring (bicyclic) bond motifs is 1. The van der Waals surface area contributed by atoms with Gasteiger partial charge >= 0.3 is 0 Å². The van der Waals surface area contributed by atoms with Gasteiger partial charge in [0.15, 0.2) is 0 Å². The molecule has 1 saturated carbocycles. The monoisotopic (exact) mass is 272 g/mol. The molecule has 4 nitrogen and oxygen atoms in total.